The number of nitrogens with zero attached hydrogens (tertiary/aromatic N) is 13. The molecule has 4 aliphatic rings. The van der Waals surface area contributed by atoms with Gasteiger partial charge in [-0.05, 0) is 223 Å². The molecule has 26 aromatic rings. The minimum Gasteiger partial charge on any atom is -0.310 e. The van der Waals surface area contributed by atoms with E-state index in [1.54, 1.807) is 0 Å². The average molecular weight is 1900 g/mol. The van der Waals surface area contributed by atoms with Crippen molar-refractivity contribution in [1.29, 1.82) is 10.5 Å². The molecule has 5 aromatic heterocycles. The van der Waals surface area contributed by atoms with E-state index >= 15 is 0 Å². The highest BCUT2D eigenvalue weighted by Crippen LogP contribution is 2.67. The molecule has 0 saturated carbocycles. The Hall–Kier alpha value is -20.4. The normalized spacial score (nSPS) is 12.9. The van der Waals surface area contributed by atoms with Crippen molar-refractivity contribution in [3.05, 3.63) is 559 Å². The lowest BCUT2D eigenvalue weighted by Crippen LogP contribution is -2.36. The predicted octanol–water partition coefficient (Wildman–Crippen LogP) is 32.7. The van der Waals surface area contributed by atoms with Crippen LogP contribution in [-0.4, -0.2) is 43.6 Å². The lowest BCUT2D eigenvalue weighted by Gasteiger charge is -2.45. The number of hydrogen-bond acceptors (Lipinski definition) is 10. The van der Waals surface area contributed by atoms with Crippen LogP contribution in [0.4, 0.5) is 34.1 Å². The molecule has 0 bridgehead atoms. The van der Waals surface area contributed by atoms with E-state index in [1.165, 1.54) is 132 Å². The van der Waals surface area contributed by atoms with E-state index in [-0.39, 0.29) is 0 Å². The fraction of sp³-hybridized carbons (Fsp3) is 0.0147. The molecule has 21 aromatic carbocycles. The Morgan fingerprint density at radius 2 is 0.430 bits per heavy atom. The summed E-state index contributed by atoms with van der Waals surface area (Å²) in [6, 6.07) is 184. The van der Waals surface area contributed by atoms with Gasteiger partial charge in [0.25, 0.3) is 0 Å². The number of aromatic nitrogens is 9. The molecule has 149 heavy (non-hydrogen) atoms. The van der Waals surface area contributed by atoms with Crippen molar-refractivity contribution in [2.24, 2.45) is 0 Å². The van der Waals surface area contributed by atoms with Gasteiger partial charge in [-0.15, -0.1) is 0 Å². The molecule has 0 radical (unpaired) electrons. The van der Waals surface area contributed by atoms with Crippen LogP contribution in [-0.2, 0) is 10.8 Å². The Morgan fingerprint density at radius 1 is 0.168 bits per heavy atom. The van der Waals surface area contributed by atoms with Crippen molar-refractivity contribution < 1.29 is 0 Å². The molecule has 692 valence electrons. The summed E-state index contributed by atoms with van der Waals surface area (Å²) in [5.41, 5.74) is 37.4. The summed E-state index contributed by atoms with van der Waals surface area (Å²) in [6.07, 6.45) is 0. The summed E-state index contributed by atoms with van der Waals surface area (Å²) in [6.45, 7) is 0. The van der Waals surface area contributed by atoms with Crippen LogP contribution in [0.5, 0.6) is 0 Å². The molecule has 0 atom stereocenters. The quantitative estimate of drug-likeness (QED) is 0.116. The van der Waals surface area contributed by atoms with Gasteiger partial charge in [0.05, 0.1) is 89.9 Å². The lowest BCUT2D eigenvalue weighted by molar-refractivity contribution is 0.752. The van der Waals surface area contributed by atoms with Crippen molar-refractivity contribution in [2.45, 2.75) is 10.8 Å². The van der Waals surface area contributed by atoms with Crippen molar-refractivity contribution in [1.82, 2.24) is 43.6 Å². The van der Waals surface area contributed by atoms with E-state index in [0.717, 1.165) is 84.6 Å². The highest BCUT2D eigenvalue weighted by atomic mass is 15.2. The first-order chi connectivity index (χ1) is 73.8. The molecule has 0 fully saturated rings. The van der Waals surface area contributed by atoms with Crippen LogP contribution in [0.25, 0.3) is 184 Å². The molecule has 2 spiro atoms. The van der Waals surface area contributed by atoms with Gasteiger partial charge in [0.1, 0.15) is 0 Å². The van der Waals surface area contributed by atoms with Crippen molar-refractivity contribution in [2.75, 3.05) is 9.80 Å². The largest absolute Gasteiger partial charge is 0.310 e. The molecule has 30 rings (SSSR count). The Morgan fingerprint density at radius 3 is 0.805 bits per heavy atom. The van der Waals surface area contributed by atoms with Crippen LogP contribution in [0, 0.1) is 22.7 Å². The second kappa shape index (κ2) is 34.2. The van der Waals surface area contributed by atoms with Crippen LogP contribution in [0.1, 0.15) is 55.6 Å². The number of para-hydroxylation sites is 10. The minimum absolute atomic E-state index is 0.424. The van der Waals surface area contributed by atoms with Crippen LogP contribution in [0.3, 0.4) is 0 Å². The molecule has 0 saturated heterocycles. The average Bonchev–Trinajstić information content (AvgIpc) is 1.53. The maximum atomic E-state index is 10.8. The number of anilines is 6. The Balaban J connectivity index is 0.000000141. The molecule has 0 amide bonds. The van der Waals surface area contributed by atoms with Crippen LogP contribution < -0.4 is 9.80 Å². The van der Waals surface area contributed by atoms with Gasteiger partial charge in [-0.25, -0.2) is 29.9 Å². The van der Waals surface area contributed by atoms with Gasteiger partial charge in [0.15, 0.2) is 34.9 Å². The summed E-state index contributed by atoms with van der Waals surface area (Å²) in [5, 5.41) is 28.9. The topological polar surface area (TPSA) is 146 Å². The number of rotatable bonds is 12. The number of nitriles is 2. The van der Waals surface area contributed by atoms with Gasteiger partial charge < -0.3 is 23.5 Å². The zero-order valence-electron chi connectivity index (χ0n) is 80.2. The van der Waals surface area contributed by atoms with Gasteiger partial charge in [0, 0.05) is 94.1 Å². The van der Waals surface area contributed by atoms with Crippen LogP contribution in [0.2, 0.25) is 0 Å². The molecule has 7 heterocycles. The molecule has 0 unspecified atom stereocenters. The monoisotopic (exact) mass is 1900 g/mol. The van der Waals surface area contributed by atoms with Crippen LogP contribution >= 0.6 is 0 Å². The molecular weight excluding hydrogens is 1820 g/mol. The van der Waals surface area contributed by atoms with Gasteiger partial charge in [0.2, 0.25) is 0 Å². The third-order valence-corrected chi connectivity index (χ3v) is 30.7. The third kappa shape index (κ3) is 13.1. The van der Waals surface area contributed by atoms with Crippen molar-refractivity contribution in [3.63, 3.8) is 0 Å². The smallest absolute Gasteiger partial charge is 0.165 e. The van der Waals surface area contributed by atoms with E-state index in [1.807, 2.05) is 140 Å². The van der Waals surface area contributed by atoms with E-state index in [0.29, 0.717) is 57.2 Å². The number of fused-ring (bicyclic) bond motifs is 27. The summed E-state index contributed by atoms with van der Waals surface area (Å²) >= 11 is 0. The maximum absolute atomic E-state index is 10.8. The fourth-order valence-electron chi connectivity index (χ4n) is 24.4. The minimum atomic E-state index is -0.730. The zero-order valence-corrected chi connectivity index (χ0v) is 80.2. The highest BCUT2D eigenvalue weighted by molar-refractivity contribution is 6.13. The first-order valence-electron chi connectivity index (χ1n) is 50.2. The SMILES string of the molecule is N#Cc1ccc(N2c3ccccc3C3(c4ccc(-n5c6ccccc6c6ccccc65)cc4-c4cc(-n5c6ccccc6c6ccccc65)ccc43)c3ccccc32)cc1-c1nc(-c2ccccc2)nc(-c2ccccc2)n1.N#Cc1ccc(N2c3ccccc3C3(c4ccccc4-c4cc(-c5ccc6c(c5)c5ccccc5n6-c5ccccc5)ccc43)c3ccccc32)cc1-c1nc(-c2ccccc2)nc(-c2ccccc2)n1. The fourth-order valence-corrected chi connectivity index (χ4v) is 24.4. The molecule has 0 N–H and O–H groups in total. The first kappa shape index (κ1) is 85.4. The summed E-state index contributed by atoms with van der Waals surface area (Å²) in [4.78, 5) is 35.0. The maximum Gasteiger partial charge on any atom is 0.165 e. The number of benzene rings is 21. The lowest BCUT2D eigenvalue weighted by atomic mass is 9.64. The standard InChI is InChI=1S/C71H43N7.C65H40N6/c72-44-47-35-36-48(41-55(47)70-74-68(45-19-3-1-4-20-45)73-69(75-70)46-21-5-2-6-22-46)78-66-33-17-11-27-60(66)71(61-28-12-18-34-67(61)78)58-39-37-49(76-62-29-13-7-23-51(62)52-24-8-14-30-63(52)76)42-56(58)57-43-50(38-40-59(57)71)77-64-31-15-9-25-53(64)54-26-10-16-32-65(54)77;66-41-46-32-35-48(40-51(46)64-68-62(42-18-4-1-5-19-42)67-63(69-64)43-20-6-2-7-21-43)71-60-30-16-13-27-56(60)65(57-28-14-17-31-61(57)71)54-26-12-10-24-49(54)52-38-44(33-36-55(52)65)45-34-37-59-53(39-45)50-25-11-15-29-58(50)70(59)47-22-8-3-9-23-47/h1-43H;1-40H. The second-order valence-corrected chi connectivity index (χ2v) is 38.4. The Kier molecular flexibility index (Phi) is 19.6. The van der Waals surface area contributed by atoms with E-state index in [2.05, 4.69) is 400 Å². The molecule has 2 aliphatic carbocycles. The zero-order chi connectivity index (χ0) is 98.5. The Bertz CT molecular complexity index is 9630. The van der Waals surface area contributed by atoms with E-state index in [4.69, 9.17) is 29.9 Å². The van der Waals surface area contributed by atoms with Gasteiger partial charge in [-0.2, -0.15) is 10.5 Å². The number of hydrogen-bond donors (Lipinski definition) is 0. The predicted molar refractivity (Wildman–Crippen MR) is 601 cm³/mol. The summed E-state index contributed by atoms with van der Waals surface area (Å²) in [5.74, 6) is 3.00. The van der Waals surface area contributed by atoms with E-state index in [9.17, 15) is 10.5 Å². The van der Waals surface area contributed by atoms with Gasteiger partial charge in [-0.3, -0.25) is 0 Å². The molecule has 2 aliphatic heterocycles. The van der Waals surface area contributed by atoms with Gasteiger partial charge in [-0.1, -0.05) is 358 Å². The van der Waals surface area contributed by atoms with Crippen LogP contribution in [0.15, 0.2) is 504 Å². The molecule has 13 nitrogen and oxygen atoms in total. The van der Waals surface area contributed by atoms with Crippen molar-refractivity contribution in [3.8, 4) is 131 Å². The second-order valence-electron chi connectivity index (χ2n) is 38.4. The highest BCUT2D eigenvalue weighted by Gasteiger charge is 2.54. The molecule has 13 heteroatoms. The van der Waals surface area contributed by atoms with Crippen molar-refractivity contribution >= 4 is 99.5 Å². The summed E-state index contributed by atoms with van der Waals surface area (Å²) < 4.78 is 7.22. The van der Waals surface area contributed by atoms with E-state index < -0.39 is 10.8 Å². The summed E-state index contributed by atoms with van der Waals surface area (Å²) in [7, 11) is 0. The molecular formula is C136H83N13. The Labute approximate surface area is 858 Å². The first-order valence-corrected chi connectivity index (χ1v) is 50.2. The van der Waals surface area contributed by atoms with Gasteiger partial charge >= 0.3 is 0 Å². The third-order valence-electron chi connectivity index (χ3n) is 30.7.